The van der Waals surface area contributed by atoms with Gasteiger partial charge in [0.15, 0.2) is 0 Å². The zero-order chi connectivity index (χ0) is 7.82. The largest absolute Gasteiger partial charge is 0.389 e. The lowest BCUT2D eigenvalue weighted by Crippen LogP contribution is -2.26. The highest BCUT2D eigenvalue weighted by Gasteiger charge is 2.05. The van der Waals surface area contributed by atoms with Crippen molar-refractivity contribution in [3.05, 3.63) is 0 Å². The number of hydrogen-bond acceptors (Lipinski definition) is 3. The molecule has 0 spiro atoms. The van der Waals surface area contributed by atoms with Gasteiger partial charge in [-0.2, -0.15) is 0 Å². The standard InChI is InChI=1S/C5H11NO2.C2H6/c7-5-3-6-1-2-8-4-5;1-2/h5-7H,1-4H2;1-2H3. The van der Waals surface area contributed by atoms with E-state index in [4.69, 9.17) is 9.84 Å². The van der Waals surface area contributed by atoms with Gasteiger partial charge in [-0.25, -0.2) is 0 Å². The Morgan fingerprint density at radius 3 is 2.90 bits per heavy atom. The minimum absolute atomic E-state index is 0.308. The SMILES string of the molecule is CC.OC1CNCCOC1. The molecule has 2 N–H and O–H groups in total. The Labute approximate surface area is 62.4 Å². The van der Waals surface area contributed by atoms with Crippen LogP contribution in [0.4, 0.5) is 0 Å². The quantitative estimate of drug-likeness (QED) is 0.506. The Hall–Kier alpha value is -0.120. The first-order valence-electron chi connectivity index (χ1n) is 3.86. The Kier molecular flexibility index (Phi) is 6.91. The number of nitrogens with one attached hydrogen (secondary N) is 1. The van der Waals surface area contributed by atoms with Crippen LogP contribution in [0.5, 0.6) is 0 Å². The predicted octanol–water partition coefficient (Wildman–Crippen LogP) is -0.00670. The lowest BCUT2D eigenvalue weighted by molar-refractivity contribution is 0.0594. The Bertz CT molecular complexity index is 60.6. The van der Waals surface area contributed by atoms with Crippen LogP contribution in [0.15, 0.2) is 0 Å². The molecule has 3 heteroatoms. The van der Waals surface area contributed by atoms with Crippen molar-refractivity contribution in [2.75, 3.05) is 26.3 Å². The molecule has 3 nitrogen and oxygen atoms in total. The number of β-amino-alcohol motifs (C(OH)–C–C–N with tert-alkyl or cyclic N) is 1. The fraction of sp³-hybridized carbons (Fsp3) is 1.00. The van der Waals surface area contributed by atoms with Crippen LogP contribution in [0, 0.1) is 0 Å². The molecule has 1 saturated heterocycles. The fourth-order valence-electron chi connectivity index (χ4n) is 0.691. The van der Waals surface area contributed by atoms with E-state index < -0.39 is 0 Å². The number of aliphatic hydroxyl groups excluding tert-OH is 1. The van der Waals surface area contributed by atoms with Crippen LogP contribution in [0.2, 0.25) is 0 Å². The van der Waals surface area contributed by atoms with Crippen molar-refractivity contribution in [2.24, 2.45) is 0 Å². The van der Waals surface area contributed by atoms with Gasteiger partial charge in [-0.05, 0) is 0 Å². The summed E-state index contributed by atoms with van der Waals surface area (Å²) in [5.74, 6) is 0. The molecule has 1 aliphatic rings. The van der Waals surface area contributed by atoms with Gasteiger partial charge in [0, 0.05) is 13.1 Å². The van der Waals surface area contributed by atoms with Crippen LogP contribution in [0.25, 0.3) is 0 Å². The minimum Gasteiger partial charge on any atom is -0.389 e. The number of ether oxygens (including phenoxy) is 1. The van der Waals surface area contributed by atoms with Crippen LogP contribution < -0.4 is 5.32 Å². The Balaban J connectivity index is 0.000000371. The van der Waals surface area contributed by atoms with Crippen molar-refractivity contribution in [2.45, 2.75) is 20.0 Å². The number of aliphatic hydroxyl groups is 1. The monoisotopic (exact) mass is 147 g/mol. The molecule has 1 fully saturated rings. The molecule has 1 unspecified atom stereocenters. The Morgan fingerprint density at radius 2 is 2.20 bits per heavy atom. The molecule has 0 amide bonds. The molecule has 0 aromatic carbocycles. The van der Waals surface area contributed by atoms with Crippen LogP contribution in [0.3, 0.4) is 0 Å². The minimum atomic E-state index is -0.308. The van der Waals surface area contributed by atoms with Crippen LogP contribution in [-0.2, 0) is 4.74 Å². The molecule has 0 saturated carbocycles. The number of hydrogen-bond donors (Lipinski definition) is 2. The second-order valence-electron chi connectivity index (χ2n) is 1.93. The van der Waals surface area contributed by atoms with E-state index in [0.29, 0.717) is 13.2 Å². The normalized spacial score (nSPS) is 26.1. The van der Waals surface area contributed by atoms with Crippen molar-refractivity contribution in [3.63, 3.8) is 0 Å². The molecular weight excluding hydrogens is 130 g/mol. The first kappa shape index (κ1) is 9.88. The maximum atomic E-state index is 8.90. The summed E-state index contributed by atoms with van der Waals surface area (Å²) in [6, 6.07) is 0. The van der Waals surface area contributed by atoms with Crippen molar-refractivity contribution in [1.29, 1.82) is 0 Å². The third-order valence-corrected chi connectivity index (χ3v) is 1.11. The topological polar surface area (TPSA) is 41.5 Å². The molecule has 1 rings (SSSR count). The first-order valence-corrected chi connectivity index (χ1v) is 3.86. The summed E-state index contributed by atoms with van der Waals surface area (Å²) in [6.07, 6.45) is -0.308. The number of rotatable bonds is 0. The molecular formula is C7H17NO2. The summed E-state index contributed by atoms with van der Waals surface area (Å²) >= 11 is 0. The molecule has 10 heavy (non-hydrogen) atoms. The van der Waals surface area contributed by atoms with Gasteiger partial charge in [-0.1, -0.05) is 13.8 Å². The van der Waals surface area contributed by atoms with E-state index in [1.54, 1.807) is 0 Å². The molecule has 0 aliphatic carbocycles. The average molecular weight is 147 g/mol. The fourth-order valence-corrected chi connectivity index (χ4v) is 0.691. The molecule has 1 aliphatic heterocycles. The highest BCUT2D eigenvalue weighted by molar-refractivity contribution is 4.61. The highest BCUT2D eigenvalue weighted by Crippen LogP contribution is 1.86. The molecule has 0 radical (unpaired) electrons. The van der Waals surface area contributed by atoms with Crippen LogP contribution in [0.1, 0.15) is 13.8 Å². The maximum Gasteiger partial charge on any atom is 0.0897 e. The Morgan fingerprint density at radius 1 is 1.50 bits per heavy atom. The molecule has 1 atom stereocenters. The van der Waals surface area contributed by atoms with Gasteiger partial charge >= 0.3 is 0 Å². The van der Waals surface area contributed by atoms with E-state index in [1.807, 2.05) is 13.8 Å². The van der Waals surface area contributed by atoms with E-state index in [2.05, 4.69) is 5.32 Å². The van der Waals surface area contributed by atoms with Gasteiger partial charge < -0.3 is 15.2 Å². The summed E-state index contributed by atoms with van der Waals surface area (Å²) < 4.78 is 4.99. The van der Waals surface area contributed by atoms with Crippen molar-refractivity contribution in [1.82, 2.24) is 5.32 Å². The summed E-state index contributed by atoms with van der Waals surface area (Å²) in [7, 11) is 0. The van der Waals surface area contributed by atoms with Crippen molar-refractivity contribution in [3.8, 4) is 0 Å². The van der Waals surface area contributed by atoms with Gasteiger partial charge in [-0.3, -0.25) is 0 Å². The predicted molar refractivity (Wildman–Crippen MR) is 41.0 cm³/mol. The van der Waals surface area contributed by atoms with E-state index in [9.17, 15) is 0 Å². The second-order valence-corrected chi connectivity index (χ2v) is 1.93. The third-order valence-electron chi connectivity index (χ3n) is 1.11. The summed E-state index contributed by atoms with van der Waals surface area (Å²) in [5.41, 5.74) is 0. The van der Waals surface area contributed by atoms with Crippen molar-refractivity contribution >= 4 is 0 Å². The van der Waals surface area contributed by atoms with Gasteiger partial charge in [-0.15, -0.1) is 0 Å². The van der Waals surface area contributed by atoms with Crippen LogP contribution >= 0.6 is 0 Å². The van der Waals surface area contributed by atoms with Gasteiger partial charge in [0.25, 0.3) is 0 Å². The summed E-state index contributed by atoms with van der Waals surface area (Å²) in [6.45, 7) is 6.72. The van der Waals surface area contributed by atoms with E-state index in [0.717, 1.165) is 13.2 Å². The molecule has 62 valence electrons. The van der Waals surface area contributed by atoms with E-state index in [1.165, 1.54) is 0 Å². The lowest BCUT2D eigenvalue weighted by atomic mass is 10.4. The maximum absolute atomic E-state index is 8.90. The second kappa shape index (κ2) is 6.99. The average Bonchev–Trinajstić information content (AvgIpc) is 2.21. The van der Waals surface area contributed by atoms with Gasteiger partial charge in [0.05, 0.1) is 19.3 Å². The van der Waals surface area contributed by atoms with E-state index in [-0.39, 0.29) is 6.10 Å². The molecule has 0 aromatic heterocycles. The molecule has 1 heterocycles. The van der Waals surface area contributed by atoms with Crippen LogP contribution in [-0.4, -0.2) is 37.5 Å². The zero-order valence-corrected chi connectivity index (χ0v) is 6.76. The summed E-state index contributed by atoms with van der Waals surface area (Å²) in [4.78, 5) is 0. The van der Waals surface area contributed by atoms with Gasteiger partial charge in [0.2, 0.25) is 0 Å². The molecule has 0 bridgehead atoms. The first-order chi connectivity index (χ1) is 4.89. The summed E-state index contributed by atoms with van der Waals surface area (Å²) in [5, 5.41) is 11.9. The molecule has 0 aromatic rings. The van der Waals surface area contributed by atoms with E-state index >= 15 is 0 Å². The third kappa shape index (κ3) is 4.73. The zero-order valence-electron chi connectivity index (χ0n) is 6.76. The van der Waals surface area contributed by atoms with Crippen molar-refractivity contribution < 1.29 is 9.84 Å². The lowest BCUT2D eigenvalue weighted by Gasteiger charge is -2.02. The highest BCUT2D eigenvalue weighted by atomic mass is 16.5. The smallest absolute Gasteiger partial charge is 0.0897 e. The van der Waals surface area contributed by atoms with Gasteiger partial charge in [0.1, 0.15) is 0 Å².